The number of hydrogen-bond donors (Lipinski definition) is 0. The average molecular weight is 711 g/mol. The summed E-state index contributed by atoms with van der Waals surface area (Å²) in [6, 6.07) is 38.5. The van der Waals surface area contributed by atoms with Crippen LogP contribution in [0, 0.1) is 0 Å². The highest BCUT2D eigenvalue weighted by atomic mass is 16.5. The number of hydrogen-bond acceptors (Lipinski definition) is 4. The van der Waals surface area contributed by atoms with E-state index in [1.165, 1.54) is 44.5 Å². The van der Waals surface area contributed by atoms with Crippen LogP contribution in [0.25, 0.3) is 24.3 Å². The minimum atomic E-state index is 0.329. The van der Waals surface area contributed by atoms with Gasteiger partial charge < -0.3 is 18.9 Å². The Bertz CT molecular complexity index is 1930. The van der Waals surface area contributed by atoms with Crippen molar-refractivity contribution in [3.8, 4) is 23.0 Å². The second-order valence-corrected chi connectivity index (χ2v) is 14.7. The predicted octanol–water partition coefficient (Wildman–Crippen LogP) is 12.0. The van der Waals surface area contributed by atoms with Gasteiger partial charge in [0.05, 0.1) is 26.4 Å². The summed E-state index contributed by atoms with van der Waals surface area (Å²) in [6.07, 6.45) is 21.5. The van der Waals surface area contributed by atoms with Crippen LogP contribution >= 0.6 is 0 Å². The largest absolute Gasteiger partial charge is 0.490 e. The van der Waals surface area contributed by atoms with Crippen LogP contribution in [0.1, 0.15) is 93.9 Å². The number of ether oxygens (including phenoxy) is 4. The first kappa shape index (κ1) is 34.1. The maximum atomic E-state index is 6.61. The van der Waals surface area contributed by atoms with Crippen molar-refractivity contribution in [3.63, 3.8) is 0 Å². The number of allylic oxidation sites excluding steroid dienone is 4. The van der Waals surface area contributed by atoms with Gasteiger partial charge in [-0.3, -0.25) is 0 Å². The molecule has 0 spiro atoms. The zero-order chi connectivity index (χ0) is 36.1. The van der Waals surface area contributed by atoms with Crippen LogP contribution in [-0.4, -0.2) is 26.4 Å². The van der Waals surface area contributed by atoms with E-state index >= 15 is 0 Å². The zero-order valence-corrected chi connectivity index (χ0v) is 30.6. The van der Waals surface area contributed by atoms with Crippen molar-refractivity contribution >= 4 is 24.3 Å². The highest BCUT2D eigenvalue weighted by Gasteiger charge is 2.23. The van der Waals surface area contributed by atoms with Crippen molar-refractivity contribution < 1.29 is 18.9 Å². The maximum absolute atomic E-state index is 6.61. The molecular weight excluding hydrogens is 665 g/mol. The first-order valence-corrected chi connectivity index (χ1v) is 19.5. The van der Waals surface area contributed by atoms with Crippen molar-refractivity contribution in [2.45, 2.75) is 49.4 Å². The van der Waals surface area contributed by atoms with Gasteiger partial charge >= 0.3 is 0 Å². The molecule has 0 bridgehead atoms. The lowest BCUT2D eigenvalue weighted by atomic mass is 9.98. The summed E-state index contributed by atoms with van der Waals surface area (Å²) >= 11 is 0. The predicted molar refractivity (Wildman–Crippen MR) is 220 cm³/mol. The Morgan fingerprint density at radius 2 is 0.556 bits per heavy atom. The van der Waals surface area contributed by atoms with E-state index < -0.39 is 0 Å². The lowest BCUT2D eigenvalue weighted by Gasteiger charge is -2.21. The summed E-state index contributed by atoms with van der Waals surface area (Å²) in [5, 5.41) is 0. The van der Waals surface area contributed by atoms with Crippen LogP contribution in [0.2, 0.25) is 0 Å². The van der Waals surface area contributed by atoms with E-state index in [1.54, 1.807) is 0 Å². The SMILES string of the molecule is C1=CC(CCOc2cc(OCCC3C=Cc4ccccc43)c(OCCC3C=Cc4ccccc43)cc2OCCC2C=Cc3ccccc32)c2ccccc21. The second-order valence-electron chi connectivity index (χ2n) is 14.7. The van der Waals surface area contributed by atoms with Gasteiger partial charge in [0.15, 0.2) is 23.0 Å². The van der Waals surface area contributed by atoms with E-state index in [-0.39, 0.29) is 0 Å². The normalized spacial score (nSPS) is 19.4. The van der Waals surface area contributed by atoms with Gasteiger partial charge in [0.1, 0.15) is 0 Å². The molecule has 5 aromatic carbocycles. The van der Waals surface area contributed by atoms with E-state index in [2.05, 4.69) is 146 Å². The molecule has 0 fully saturated rings. The zero-order valence-electron chi connectivity index (χ0n) is 30.6. The average Bonchev–Trinajstić information content (AvgIpc) is 4.02. The molecule has 4 aliphatic rings. The number of benzene rings is 5. The van der Waals surface area contributed by atoms with Gasteiger partial charge in [-0.05, 0) is 70.2 Å². The van der Waals surface area contributed by atoms with Gasteiger partial charge in [0.25, 0.3) is 0 Å². The standard InChI is InChI=1S/C50H46O4/c1-5-13-43-35(9-1)17-21-39(43)25-29-51-47-33-49(53-31-27-41-23-19-37-11-3-7-15-45(37)41)50(54-32-28-42-24-20-38-12-4-8-16-46(38)42)34-48(47)52-30-26-40-22-18-36-10-2-6-14-44(36)40/h1-24,33-34,39-42H,25-32H2. The van der Waals surface area contributed by atoms with Crippen LogP contribution in [-0.2, 0) is 0 Å². The topological polar surface area (TPSA) is 36.9 Å². The molecule has 0 saturated carbocycles. The highest BCUT2D eigenvalue weighted by molar-refractivity contribution is 5.65. The Balaban J connectivity index is 0.943. The minimum absolute atomic E-state index is 0.329. The van der Waals surface area contributed by atoms with Crippen LogP contribution in [0.5, 0.6) is 23.0 Å². The van der Waals surface area contributed by atoms with E-state index in [0.29, 0.717) is 73.1 Å². The molecule has 0 aromatic heterocycles. The molecule has 4 heteroatoms. The lowest BCUT2D eigenvalue weighted by molar-refractivity contribution is 0.239. The molecule has 0 aliphatic heterocycles. The Morgan fingerprint density at radius 1 is 0.315 bits per heavy atom. The second kappa shape index (κ2) is 15.7. The molecular formula is C50H46O4. The molecule has 4 nitrogen and oxygen atoms in total. The molecule has 270 valence electrons. The smallest absolute Gasteiger partial charge is 0.165 e. The molecule has 4 aliphatic carbocycles. The first-order valence-electron chi connectivity index (χ1n) is 19.5. The van der Waals surface area contributed by atoms with Gasteiger partial charge in [0.2, 0.25) is 0 Å². The monoisotopic (exact) mass is 710 g/mol. The maximum Gasteiger partial charge on any atom is 0.165 e. The molecule has 0 radical (unpaired) electrons. The summed E-state index contributed by atoms with van der Waals surface area (Å²) in [5.74, 6) is 4.07. The van der Waals surface area contributed by atoms with Crippen molar-refractivity contribution in [2.24, 2.45) is 0 Å². The molecule has 9 rings (SSSR count). The van der Waals surface area contributed by atoms with Crippen LogP contribution in [0.15, 0.2) is 133 Å². The van der Waals surface area contributed by atoms with E-state index in [9.17, 15) is 0 Å². The van der Waals surface area contributed by atoms with Crippen molar-refractivity contribution in [1.82, 2.24) is 0 Å². The molecule has 0 amide bonds. The van der Waals surface area contributed by atoms with Crippen LogP contribution < -0.4 is 18.9 Å². The van der Waals surface area contributed by atoms with Crippen molar-refractivity contribution in [3.05, 3.63) is 178 Å². The Kier molecular flexibility index (Phi) is 9.90. The summed E-state index contributed by atoms with van der Waals surface area (Å²) in [4.78, 5) is 0. The Morgan fingerprint density at radius 3 is 0.815 bits per heavy atom. The summed E-state index contributed by atoms with van der Waals surface area (Å²) in [6.45, 7) is 2.20. The molecule has 0 saturated heterocycles. The molecule has 54 heavy (non-hydrogen) atoms. The Labute approximate surface area is 319 Å². The first-order chi connectivity index (χ1) is 26.8. The Hall–Kier alpha value is -5.74. The summed E-state index contributed by atoms with van der Waals surface area (Å²) < 4.78 is 26.4. The van der Waals surface area contributed by atoms with Gasteiger partial charge in [-0.1, -0.05) is 146 Å². The minimum Gasteiger partial charge on any atom is -0.490 e. The fourth-order valence-electron chi connectivity index (χ4n) is 8.46. The van der Waals surface area contributed by atoms with E-state index in [4.69, 9.17) is 18.9 Å². The number of rotatable bonds is 16. The third kappa shape index (κ3) is 7.26. The van der Waals surface area contributed by atoms with Gasteiger partial charge in [-0.15, -0.1) is 0 Å². The van der Waals surface area contributed by atoms with E-state index in [1.807, 2.05) is 12.1 Å². The van der Waals surface area contributed by atoms with Gasteiger partial charge in [-0.25, -0.2) is 0 Å². The summed E-state index contributed by atoms with van der Waals surface area (Å²) in [7, 11) is 0. The third-order valence-corrected chi connectivity index (χ3v) is 11.4. The fraction of sp³-hybridized carbons (Fsp3) is 0.240. The molecule has 4 unspecified atom stereocenters. The van der Waals surface area contributed by atoms with Crippen LogP contribution in [0.3, 0.4) is 0 Å². The quantitative estimate of drug-likeness (QED) is 0.102. The van der Waals surface area contributed by atoms with Gasteiger partial charge in [0, 0.05) is 35.8 Å². The van der Waals surface area contributed by atoms with Crippen LogP contribution in [0.4, 0.5) is 0 Å². The van der Waals surface area contributed by atoms with Crippen molar-refractivity contribution in [2.75, 3.05) is 26.4 Å². The highest BCUT2D eigenvalue weighted by Crippen LogP contribution is 2.43. The molecule has 4 atom stereocenters. The third-order valence-electron chi connectivity index (χ3n) is 11.4. The summed E-state index contributed by atoms with van der Waals surface area (Å²) in [5.41, 5.74) is 10.6. The molecule has 5 aromatic rings. The van der Waals surface area contributed by atoms with Crippen molar-refractivity contribution in [1.29, 1.82) is 0 Å². The van der Waals surface area contributed by atoms with Gasteiger partial charge in [-0.2, -0.15) is 0 Å². The lowest BCUT2D eigenvalue weighted by Crippen LogP contribution is -2.10. The molecule has 0 N–H and O–H groups in total. The van der Waals surface area contributed by atoms with E-state index in [0.717, 1.165) is 25.7 Å². The number of fused-ring (bicyclic) bond motifs is 4. The fourth-order valence-corrected chi connectivity index (χ4v) is 8.46. The molecule has 0 heterocycles.